The summed E-state index contributed by atoms with van der Waals surface area (Å²) in [7, 11) is 1.72. The lowest BCUT2D eigenvalue weighted by Gasteiger charge is -2.36. The minimum absolute atomic E-state index is 0.256. The SMILES string of the molecule is COCCCC/C=C/C(=O)C1(c2ccccc2)CCNCC1. The van der Waals surface area contributed by atoms with E-state index in [-0.39, 0.29) is 11.2 Å². The molecule has 0 bridgehead atoms. The van der Waals surface area contributed by atoms with E-state index in [9.17, 15) is 4.79 Å². The van der Waals surface area contributed by atoms with Crippen LogP contribution in [0.25, 0.3) is 0 Å². The Morgan fingerprint density at radius 3 is 2.64 bits per heavy atom. The van der Waals surface area contributed by atoms with Gasteiger partial charge in [-0.25, -0.2) is 0 Å². The van der Waals surface area contributed by atoms with Gasteiger partial charge in [0, 0.05) is 13.7 Å². The molecule has 0 unspecified atom stereocenters. The Balaban J connectivity index is 2.03. The number of ether oxygens (including phenoxy) is 1. The topological polar surface area (TPSA) is 38.3 Å². The fraction of sp³-hybridized carbons (Fsp3) is 0.526. The molecule has 0 atom stereocenters. The maximum atomic E-state index is 12.9. The Bertz CT molecular complexity index is 475. The molecule has 2 rings (SSSR count). The van der Waals surface area contributed by atoms with E-state index in [0.717, 1.165) is 57.4 Å². The normalized spacial score (nSPS) is 17.7. The number of benzene rings is 1. The number of allylic oxidation sites excluding steroid dienone is 2. The monoisotopic (exact) mass is 301 g/mol. The molecule has 1 aromatic rings. The molecule has 0 amide bonds. The van der Waals surface area contributed by atoms with Crippen LogP contribution < -0.4 is 5.32 Å². The quantitative estimate of drug-likeness (QED) is 0.592. The zero-order chi connectivity index (χ0) is 15.7. The van der Waals surface area contributed by atoms with Gasteiger partial charge < -0.3 is 10.1 Å². The fourth-order valence-corrected chi connectivity index (χ4v) is 3.15. The lowest BCUT2D eigenvalue weighted by Crippen LogP contribution is -2.44. The van der Waals surface area contributed by atoms with Crippen LogP contribution in [0.2, 0.25) is 0 Å². The summed E-state index contributed by atoms with van der Waals surface area (Å²) >= 11 is 0. The maximum Gasteiger partial charge on any atom is 0.165 e. The second-order valence-electron chi connectivity index (χ2n) is 5.95. The first kappa shape index (κ1) is 16.9. The van der Waals surface area contributed by atoms with Gasteiger partial charge in [0.25, 0.3) is 0 Å². The van der Waals surface area contributed by atoms with Crippen molar-refractivity contribution < 1.29 is 9.53 Å². The highest BCUT2D eigenvalue weighted by Gasteiger charge is 2.39. The number of hydrogen-bond donors (Lipinski definition) is 1. The Morgan fingerprint density at radius 2 is 1.95 bits per heavy atom. The van der Waals surface area contributed by atoms with Gasteiger partial charge in [0.15, 0.2) is 5.78 Å². The van der Waals surface area contributed by atoms with Gasteiger partial charge in [0.1, 0.15) is 0 Å². The smallest absolute Gasteiger partial charge is 0.165 e. The Hall–Kier alpha value is -1.45. The van der Waals surface area contributed by atoms with E-state index in [1.165, 1.54) is 0 Å². The molecular weight excluding hydrogens is 274 g/mol. The van der Waals surface area contributed by atoms with Crippen LogP contribution in [0.3, 0.4) is 0 Å². The molecule has 0 aromatic heterocycles. The second kappa shape index (κ2) is 8.86. The Morgan fingerprint density at radius 1 is 1.23 bits per heavy atom. The van der Waals surface area contributed by atoms with E-state index in [2.05, 4.69) is 17.4 Å². The molecule has 0 aliphatic carbocycles. The summed E-state index contributed by atoms with van der Waals surface area (Å²) in [6, 6.07) is 10.3. The van der Waals surface area contributed by atoms with Gasteiger partial charge >= 0.3 is 0 Å². The molecule has 22 heavy (non-hydrogen) atoms. The van der Waals surface area contributed by atoms with Crippen molar-refractivity contribution in [3.8, 4) is 0 Å². The zero-order valence-electron chi connectivity index (χ0n) is 13.5. The largest absolute Gasteiger partial charge is 0.385 e. The highest BCUT2D eigenvalue weighted by Crippen LogP contribution is 2.34. The number of rotatable bonds is 8. The molecule has 3 heteroatoms. The van der Waals surface area contributed by atoms with Crippen LogP contribution >= 0.6 is 0 Å². The summed E-state index contributed by atoms with van der Waals surface area (Å²) in [5.41, 5.74) is 0.820. The highest BCUT2D eigenvalue weighted by atomic mass is 16.5. The van der Waals surface area contributed by atoms with Gasteiger partial charge in [0.05, 0.1) is 5.41 Å². The minimum Gasteiger partial charge on any atom is -0.385 e. The van der Waals surface area contributed by atoms with E-state index >= 15 is 0 Å². The van der Waals surface area contributed by atoms with Gasteiger partial charge in [-0.2, -0.15) is 0 Å². The summed E-state index contributed by atoms with van der Waals surface area (Å²) < 4.78 is 5.04. The molecule has 1 heterocycles. The first-order valence-electron chi connectivity index (χ1n) is 8.26. The fourth-order valence-electron chi connectivity index (χ4n) is 3.15. The summed E-state index contributed by atoms with van der Waals surface area (Å²) in [6.07, 6.45) is 8.65. The first-order chi connectivity index (χ1) is 10.8. The number of unbranched alkanes of at least 4 members (excludes halogenated alkanes) is 2. The molecule has 1 aliphatic heterocycles. The third-order valence-electron chi connectivity index (χ3n) is 4.49. The molecule has 1 fully saturated rings. The predicted molar refractivity (Wildman–Crippen MR) is 90.1 cm³/mol. The third kappa shape index (κ3) is 4.28. The third-order valence-corrected chi connectivity index (χ3v) is 4.49. The van der Waals surface area contributed by atoms with Gasteiger partial charge in [-0.05, 0) is 56.8 Å². The summed E-state index contributed by atoms with van der Waals surface area (Å²) in [6.45, 7) is 2.60. The number of methoxy groups -OCH3 is 1. The average molecular weight is 301 g/mol. The molecule has 1 saturated heterocycles. The van der Waals surface area contributed by atoms with Crippen molar-refractivity contribution >= 4 is 5.78 Å². The molecular formula is C19H27NO2. The van der Waals surface area contributed by atoms with E-state index in [0.29, 0.717) is 0 Å². The van der Waals surface area contributed by atoms with Crippen LogP contribution in [-0.2, 0) is 14.9 Å². The average Bonchev–Trinajstić information content (AvgIpc) is 2.59. The van der Waals surface area contributed by atoms with Crippen molar-refractivity contribution in [3.05, 3.63) is 48.0 Å². The van der Waals surface area contributed by atoms with Crippen LogP contribution in [0.15, 0.2) is 42.5 Å². The van der Waals surface area contributed by atoms with Crippen molar-refractivity contribution in [2.75, 3.05) is 26.8 Å². The van der Waals surface area contributed by atoms with Crippen LogP contribution in [0, 0.1) is 0 Å². The molecule has 3 nitrogen and oxygen atoms in total. The zero-order valence-corrected chi connectivity index (χ0v) is 13.5. The standard InChI is InChI=1S/C19H27NO2/c1-22-16-8-3-2-7-11-18(21)19(12-14-20-15-13-19)17-9-5-4-6-10-17/h4-7,9-11,20H,2-3,8,12-16H2,1H3/b11-7+. The number of carbonyl (C=O) groups is 1. The summed E-state index contributed by atoms with van der Waals surface area (Å²) in [4.78, 5) is 12.9. The number of piperidine rings is 1. The van der Waals surface area contributed by atoms with Crippen molar-refractivity contribution in [1.82, 2.24) is 5.32 Å². The maximum absolute atomic E-state index is 12.9. The molecule has 1 aliphatic rings. The number of ketones is 1. The van der Waals surface area contributed by atoms with Crippen molar-refractivity contribution in [3.63, 3.8) is 0 Å². The van der Waals surface area contributed by atoms with Crippen LogP contribution in [0.1, 0.15) is 37.7 Å². The van der Waals surface area contributed by atoms with E-state index < -0.39 is 0 Å². The van der Waals surface area contributed by atoms with Crippen molar-refractivity contribution in [1.29, 1.82) is 0 Å². The predicted octanol–water partition coefficient (Wildman–Crippen LogP) is 3.25. The van der Waals surface area contributed by atoms with Crippen molar-refractivity contribution in [2.24, 2.45) is 0 Å². The Kier molecular flexibility index (Phi) is 6.81. The molecule has 0 radical (unpaired) electrons. The van der Waals surface area contributed by atoms with Gasteiger partial charge in [0.2, 0.25) is 0 Å². The second-order valence-corrected chi connectivity index (χ2v) is 5.95. The molecule has 120 valence electrons. The van der Waals surface area contributed by atoms with Gasteiger partial charge in [-0.15, -0.1) is 0 Å². The van der Waals surface area contributed by atoms with E-state index in [4.69, 9.17) is 4.74 Å². The van der Waals surface area contributed by atoms with Gasteiger partial charge in [-0.3, -0.25) is 4.79 Å². The molecule has 0 spiro atoms. The van der Waals surface area contributed by atoms with Gasteiger partial charge in [-0.1, -0.05) is 36.4 Å². The number of carbonyl (C=O) groups excluding carboxylic acids is 1. The van der Waals surface area contributed by atoms with Crippen LogP contribution in [0.5, 0.6) is 0 Å². The lowest BCUT2D eigenvalue weighted by atomic mass is 9.70. The minimum atomic E-state index is -0.338. The highest BCUT2D eigenvalue weighted by molar-refractivity contribution is 5.99. The molecule has 1 N–H and O–H groups in total. The van der Waals surface area contributed by atoms with Crippen LogP contribution in [0.4, 0.5) is 0 Å². The molecule has 0 saturated carbocycles. The number of nitrogens with one attached hydrogen (secondary N) is 1. The first-order valence-corrected chi connectivity index (χ1v) is 8.26. The lowest BCUT2D eigenvalue weighted by molar-refractivity contribution is -0.120. The Labute approximate surface area is 133 Å². The summed E-state index contributed by atoms with van der Waals surface area (Å²) in [5.74, 6) is 0.256. The van der Waals surface area contributed by atoms with Crippen molar-refractivity contribution in [2.45, 2.75) is 37.5 Å². The molecule has 1 aromatic carbocycles. The summed E-state index contributed by atoms with van der Waals surface area (Å²) in [5, 5.41) is 3.36. The van der Waals surface area contributed by atoms with E-state index in [1.54, 1.807) is 7.11 Å². The number of hydrogen-bond acceptors (Lipinski definition) is 3. The van der Waals surface area contributed by atoms with E-state index in [1.807, 2.05) is 30.4 Å². The van der Waals surface area contributed by atoms with Crippen LogP contribution in [-0.4, -0.2) is 32.6 Å².